The maximum atomic E-state index is 10.6. The Bertz CT molecular complexity index is 458. The van der Waals surface area contributed by atoms with Crippen LogP contribution in [0, 0.1) is 0 Å². The van der Waals surface area contributed by atoms with E-state index in [1.165, 1.54) is 6.92 Å². The molecule has 0 bridgehead atoms. The van der Waals surface area contributed by atoms with E-state index in [0.717, 1.165) is 18.4 Å². The summed E-state index contributed by atoms with van der Waals surface area (Å²) in [6, 6.07) is 3.44. The Balaban J connectivity index is 1.98. The van der Waals surface area contributed by atoms with Crippen LogP contribution in [0.1, 0.15) is 31.2 Å². The van der Waals surface area contributed by atoms with E-state index in [4.69, 9.17) is 16.3 Å². The fourth-order valence-corrected chi connectivity index (χ4v) is 2.12. The molecular weight excluding hydrogens is 254 g/mol. The molecule has 2 N–H and O–H groups in total. The monoisotopic (exact) mass is 269 g/mol. The third kappa shape index (κ3) is 3.29. The van der Waals surface area contributed by atoms with Crippen molar-refractivity contribution in [3.8, 4) is 5.75 Å². The molecule has 1 aliphatic rings. The summed E-state index contributed by atoms with van der Waals surface area (Å²) in [5.74, 6) is 0.329. The first kappa shape index (κ1) is 13.0. The van der Waals surface area contributed by atoms with Gasteiger partial charge in [0.15, 0.2) is 0 Å². The first-order valence-corrected chi connectivity index (χ1v) is 6.35. The van der Waals surface area contributed by atoms with Gasteiger partial charge in [0.05, 0.1) is 5.69 Å². The predicted octanol–water partition coefficient (Wildman–Crippen LogP) is 2.90. The zero-order chi connectivity index (χ0) is 13.1. The van der Waals surface area contributed by atoms with Gasteiger partial charge in [0, 0.05) is 24.6 Å². The van der Waals surface area contributed by atoms with Gasteiger partial charge in [-0.1, -0.05) is 11.6 Å². The van der Waals surface area contributed by atoms with Crippen molar-refractivity contribution in [2.24, 2.45) is 0 Å². The third-order valence-corrected chi connectivity index (χ3v) is 3.18. The first-order valence-electron chi connectivity index (χ1n) is 5.97. The van der Waals surface area contributed by atoms with Gasteiger partial charge >= 0.3 is 5.97 Å². The second-order valence-corrected chi connectivity index (χ2v) is 4.84. The molecule has 0 aliphatic heterocycles. The molecule has 2 rings (SSSR count). The summed E-state index contributed by atoms with van der Waals surface area (Å²) in [7, 11) is 0. The number of hydrogen-bond acceptors (Lipinski definition) is 4. The molecule has 0 saturated heterocycles. The topological polar surface area (TPSA) is 58.6 Å². The van der Waals surface area contributed by atoms with Crippen LogP contribution in [0.4, 0.5) is 5.69 Å². The highest BCUT2D eigenvalue weighted by Gasteiger charge is 2.26. The summed E-state index contributed by atoms with van der Waals surface area (Å²) in [6.45, 7) is 2.10. The molecule has 4 nitrogen and oxygen atoms in total. The summed E-state index contributed by atoms with van der Waals surface area (Å²) in [5.41, 5.74) is 1.71. The van der Waals surface area contributed by atoms with E-state index in [9.17, 15) is 9.90 Å². The van der Waals surface area contributed by atoms with Crippen molar-refractivity contribution in [2.75, 3.05) is 18.5 Å². The molecule has 0 spiro atoms. The lowest BCUT2D eigenvalue weighted by Crippen LogP contribution is -2.12. The molecule has 98 valence electrons. The molecule has 0 aromatic heterocycles. The molecule has 1 aliphatic carbocycles. The SMILES string of the molecule is CC(=O)OCCNc1cc(C2CC2)c(Cl)cc1O. The lowest BCUT2D eigenvalue weighted by atomic mass is 10.1. The van der Waals surface area contributed by atoms with Gasteiger partial charge in [-0.3, -0.25) is 4.79 Å². The summed E-state index contributed by atoms with van der Waals surface area (Å²) in [5, 5.41) is 13.4. The van der Waals surface area contributed by atoms with Crippen molar-refractivity contribution in [2.45, 2.75) is 25.7 Å². The maximum Gasteiger partial charge on any atom is 0.302 e. The molecular formula is C13H16ClNO3. The molecule has 1 saturated carbocycles. The predicted molar refractivity (Wildman–Crippen MR) is 70.2 cm³/mol. The number of carbonyl (C=O) groups excluding carboxylic acids is 1. The van der Waals surface area contributed by atoms with Gasteiger partial charge in [-0.2, -0.15) is 0 Å². The molecule has 5 heteroatoms. The van der Waals surface area contributed by atoms with Gasteiger partial charge in [0.1, 0.15) is 12.4 Å². The zero-order valence-electron chi connectivity index (χ0n) is 10.2. The third-order valence-electron chi connectivity index (χ3n) is 2.86. The minimum Gasteiger partial charge on any atom is -0.506 e. The van der Waals surface area contributed by atoms with Crippen LogP contribution in [0.25, 0.3) is 0 Å². The van der Waals surface area contributed by atoms with Gasteiger partial charge in [-0.15, -0.1) is 0 Å². The molecule has 0 heterocycles. The van der Waals surface area contributed by atoms with Crippen LogP contribution in [0.2, 0.25) is 5.02 Å². The highest BCUT2D eigenvalue weighted by molar-refractivity contribution is 6.31. The van der Waals surface area contributed by atoms with Crippen molar-refractivity contribution >= 4 is 23.3 Å². The lowest BCUT2D eigenvalue weighted by molar-refractivity contribution is -0.140. The van der Waals surface area contributed by atoms with Gasteiger partial charge in [-0.25, -0.2) is 0 Å². The number of rotatable bonds is 5. The fraction of sp³-hybridized carbons (Fsp3) is 0.462. The van der Waals surface area contributed by atoms with Gasteiger partial charge in [0.25, 0.3) is 0 Å². The molecule has 0 atom stereocenters. The van der Waals surface area contributed by atoms with Crippen LogP contribution in [0.15, 0.2) is 12.1 Å². The minimum absolute atomic E-state index is 0.118. The normalized spacial score (nSPS) is 14.3. The van der Waals surface area contributed by atoms with Crippen molar-refractivity contribution in [1.82, 2.24) is 0 Å². The number of phenolic OH excluding ortho intramolecular Hbond substituents is 1. The largest absolute Gasteiger partial charge is 0.506 e. The van der Waals surface area contributed by atoms with Gasteiger partial charge in [-0.05, 0) is 30.4 Å². The van der Waals surface area contributed by atoms with E-state index >= 15 is 0 Å². The first-order chi connectivity index (χ1) is 8.58. The van der Waals surface area contributed by atoms with E-state index in [1.807, 2.05) is 6.07 Å². The van der Waals surface area contributed by atoms with Crippen LogP contribution in [0.5, 0.6) is 5.75 Å². The molecule has 1 fully saturated rings. The van der Waals surface area contributed by atoms with E-state index in [-0.39, 0.29) is 18.3 Å². The van der Waals surface area contributed by atoms with E-state index < -0.39 is 0 Å². The summed E-state index contributed by atoms with van der Waals surface area (Å²) < 4.78 is 4.81. The molecule has 18 heavy (non-hydrogen) atoms. The average molecular weight is 270 g/mol. The Morgan fingerprint density at radius 2 is 2.28 bits per heavy atom. The number of anilines is 1. The van der Waals surface area contributed by atoms with Crippen LogP contribution < -0.4 is 5.32 Å². The Hall–Kier alpha value is -1.42. The van der Waals surface area contributed by atoms with E-state index in [1.54, 1.807) is 6.07 Å². The molecule has 0 amide bonds. The van der Waals surface area contributed by atoms with Crippen LogP contribution >= 0.6 is 11.6 Å². The van der Waals surface area contributed by atoms with Crippen molar-refractivity contribution in [1.29, 1.82) is 0 Å². The van der Waals surface area contributed by atoms with Crippen molar-refractivity contribution in [3.63, 3.8) is 0 Å². The Kier molecular flexibility index (Phi) is 3.97. The number of esters is 1. The molecule has 1 aromatic rings. The summed E-state index contributed by atoms with van der Waals surface area (Å²) in [6.07, 6.45) is 2.30. The van der Waals surface area contributed by atoms with Gasteiger partial charge < -0.3 is 15.2 Å². The minimum atomic E-state index is -0.309. The highest BCUT2D eigenvalue weighted by atomic mass is 35.5. The number of phenols is 1. The highest BCUT2D eigenvalue weighted by Crippen LogP contribution is 2.45. The second kappa shape index (κ2) is 5.48. The number of hydrogen-bond donors (Lipinski definition) is 2. The molecule has 1 aromatic carbocycles. The number of carbonyl (C=O) groups is 1. The van der Waals surface area contributed by atoms with Crippen LogP contribution in [0.3, 0.4) is 0 Å². The number of nitrogens with one attached hydrogen (secondary N) is 1. The molecule has 0 radical (unpaired) electrons. The summed E-state index contributed by atoms with van der Waals surface area (Å²) >= 11 is 6.08. The average Bonchev–Trinajstić information content (AvgIpc) is 3.10. The quantitative estimate of drug-likeness (QED) is 0.490. The fourth-order valence-electron chi connectivity index (χ4n) is 1.81. The lowest BCUT2D eigenvalue weighted by Gasteiger charge is -2.11. The smallest absolute Gasteiger partial charge is 0.302 e. The van der Waals surface area contributed by atoms with Crippen LogP contribution in [-0.2, 0) is 9.53 Å². The number of aromatic hydroxyl groups is 1. The zero-order valence-corrected chi connectivity index (χ0v) is 11.0. The molecule has 0 unspecified atom stereocenters. The Morgan fingerprint density at radius 3 is 2.89 bits per heavy atom. The Morgan fingerprint density at radius 1 is 1.56 bits per heavy atom. The van der Waals surface area contributed by atoms with E-state index in [0.29, 0.717) is 23.2 Å². The van der Waals surface area contributed by atoms with Gasteiger partial charge in [0.2, 0.25) is 0 Å². The number of ether oxygens (including phenoxy) is 1. The summed E-state index contributed by atoms with van der Waals surface area (Å²) in [4.78, 5) is 10.6. The van der Waals surface area contributed by atoms with Crippen LogP contribution in [-0.4, -0.2) is 24.2 Å². The second-order valence-electron chi connectivity index (χ2n) is 4.43. The number of halogens is 1. The maximum absolute atomic E-state index is 10.6. The number of benzene rings is 1. The van der Waals surface area contributed by atoms with E-state index in [2.05, 4.69) is 5.32 Å². The van der Waals surface area contributed by atoms with Crippen molar-refractivity contribution < 1.29 is 14.6 Å². The standard InChI is InChI=1S/C13H16ClNO3/c1-8(16)18-5-4-15-12-6-10(9-2-3-9)11(14)7-13(12)17/h6-7,9,15,17H,2-5H2,1H3. The van der Waals surface area contributed by atoms with Crippen molar-refractivity contribution in [3.05, 3.63) is 22.7 Å². The Labute approximate surface area is 111 Å².